The Morgan fingerprint density at radius 3 is 2.67 bits per heavy atom. The Kier molecular flexibility index (Phi) is 5.06. The van der Waals surface area contributed by atoms with Crippen molar-refractivity contribution in [3.8, 4) is 0 Å². The van der Waals surface area contributed by atoms with Crippen LogP contribution in [-0.2, 0) is 26.2 Å². The molecule has 1 aromatic rings. The zero-order valence-corrected chi connectivity index (χ0v) is 17.1. The van der Waals surface area contributed by atoms with Crippen molar-refractivity contribution >= 4 is 21.8 Å². The van der Waals surface area contributed by atoms with E-state index in [-0.39, 0.29) is 37.1 Å². The van der Waals surface area contributed by atoms with Gasteiger partial charge in [-0.2, -0.15) is 5.10 Å². The van der Waals surface area contributed by atoms with Crippen LogP contribution in [-0.4, -0.2) is 90.1 Å². The number of sulfonamides is 1. The van der Waals surface area contributed by atoms with Crippen LogP contribution in [0.1, 0.15) is 18.4 Å². The van der Waals surface area contributed by atoms with Crippen LogP contribution < -0.4 is 0 Å². The van der Waals surface area contributed by atoms with Crippen LogP contribution in [0.5, 0.6) is 0 Å². The molecular weight excluding hydrogens is 370 g/mol. The van der Waals surface area contributed by atoms with Gasteiger partial charge in [-0.1, -0.05) is 0 Å². The Hall–Kier alpha value is -1.94. The summed E-state index contributed by atoms with van der Waals surface area (Å²) in [5.41, 5.74) is 0.0669. The van der Waals surface area contributed by atoms with Gasteiger partial charge >= 0.3 is 0 Å². The molecule has 2 fully saturated rings. The number of aromatic nitrogens is 2. The van der Waals surface area contributed by atoms with E-state index in [4.69, 9.17) is 0 Å². The van der Waals surface area contributed by atoms with E-state index in [0.717, 1.165) is 5.56 Å². The van der Waals surface area contributed by atoms with Gasteiger partial charge in [0.15, 0.2) is 0 Å². The van der Waals surface area contributed by atoms with Gasteiger partial charge in [0.2, 0.25) is 21.8 Å². The third kappa shape index (κ3) is 3.47. The molecule has 2 saturated heterocycles. The third-order valence-electron chi connectivity index (χ3n) is 5.71. The Morgan fingerprint density at radius 1 is 1.37 bits per heavy atom. The largest absolute Gasteiger partial charge is 0.348 e. The number of piperidine rings is 1. The summed E-state index contributed by atoms with van der Waals surface area (Å²) in [7, 11) is 1.52. The van der Waals surface area contributed by atoms with Crippen LogP contribution in [0, 0.1) is 12.3 Å². The number of aryl methyl sites for hydroxylation is 1. The van der Waals surface area contributed by atoms with Crippen molar-refractivity contribution in [2.75, 3.05) is 40.0 Å². The normalized spacial score (nSPS) is 27.9. The fraction of sp³-hybridized carbons (Fsp3) is 0.706. The van der Waals surface area contributed by atoms with Crippen LogP contribution in [0.15, 0.2) is 12.4 Å². The van der Waals surface area contributed by atoms with E-state index in [2.05, 4.69) is 5.10 Å². The maximum absolute atomic E-state index is 13.1. The second kappa shape index (κ2) is 6.90. The molecule has 3 rings (SSSR count). The molecule has 0 unspecified atom stereocenters. The van der Waals surface area contributed by atoms with Gasteiger partial charge in [0.05, 0.1) is 17.4 Å². The summed E-state index contributed by atoms with van der Waals surface area (Å²) >= 11 is 0. The Morgan fingerprint density at radius 2 is 2.07 bits per heavy atom. The van der Waals surface area contributed by atoms with Gasteiger partial charge in [0, 0.05) is 46.5 Å². The first kappa shape index (κ1) is 19.8. The van der Waals surface area contributed by atoms with Crippen LogP contribution >= 0.6 is 0 Å². The standard InChI is InChI=1S/C17H27N5O4S/c1-13-9-18-22(10-13)11-15(23)21-7-5-14-17(12-21,16(24)19(2)3)6-8-27(25,26)20(14)4/h9-10,14H,5-8,11-12H2,1-4H3/t14-,17+/m1/s1. The first-order valence-corrected chi connectivity index (χ1v) is 10.6. The molecule has 27 heavy (non-hydrogen) atoms. The number of hydrogen-bond acceptors (Lipinski definition) is 5. The highest BCUT2D eigenvalue weighted by atomic mass is 32.2. The first-order chi connectivity index (χ1) is 12.6. The minimum atomic E-state index is -3.37. The van der Waals surface area contributed by atoms with Crippen LogP contribution in [0.3, 0.4) is 0 Å². The van der Waals surface area contributed by atoms with Gasteiger partial charge in [0.1, 0.15) is 6.54 Å². The molecule has 0 aliphatic carbocycles. The number of fused-ring (bicyclic) bond motifs is 1. The smallest absolute Gasteiger partial charge is 0.244 e. The molecule has 0 bridgehead atoms. The number of rotatable bonds is 3. The molecule has 0 radical (unpaired) electrons. The highest BCUT2D eigenvalue weighted by Gasteiger charge is 2.57. The molecule has 10 heteroatoms. The molecule has 0 spiro atoms. The molecule has 2 aliphatic rings. The number of carbonyl (C=O) groups is 2. The Balaban J connectivity index is 1.87. The van der Waals surface area contributed by atoms with Crippen molar-refractivity contribution in [3.05, 3.63) is 18.0 Å². The summed E-state index contributed by atoms with van der Waals surface area (Å²) in [6.45, 7) is 2.67. The van der Waals surface area contributed by atoms with E-state index < -0.39 is 21.5 Å². The van der Waals surface area contributed by atoms with Gasteiger partial charge in [-0.3, -0.25) is 14.3 Å². The SMILES string of the molecule is Cc1cnn(CC(=O)N2CC[C@H]3N(C)S(=O)(=O)CC[C@]3(C(=O)N(C)C)C2)c1. The summed E-state index contributed by atoms with van der Waals surface area (Å²) in [4.78, 5) is 29.1. The summed E-state index contributed by atoms with van der Waals surface area (Å²) in [6.07, 6.45) is 4.16. The van der Waals surface area contributed by atoms with E-state index in [1.54, 1.807) is 43.1 Å². The highest BCUT2D eigenvalue weighted by Crippen LogP contribution is 2.43. The molecular formula is C17H27N5O4S. The van der Waals surface area contributed by atoms with Gasteiger partial charge in [0.25, 0.3) is 0 Å². The predicted molar refractivity (Wildman–Crippen MR) is 99.2 cm³/mol. The predicted octanol–water partition coefficient (Wildman–Crippen LogP) is -0.468. The van der Waals surface area contributed by atoms with E-state index in [1.165, 1.54) is 9.21 Å². The van der Waals surface area contributed by atoms with Gasteiger partial charge < -0.3 is 9.80 Å². The van der Waals surface area contributed by atoms with Crippen molar-refractivity contribution in [2.45, 2.75) is 32.4 Å². The lowest BCUT2D eigenvalue weighted by molar-refractivity contribution is -0.152. The number of hydrogen-bond donors (Lipinski definition) is 0. The number of likely N-dealkylation sites (tertiary alicyclic amines) is 1. The minimum absolute atomic E-state index is 0.0834. The zero-order valence-electron chi connectivity index (χ0n) is 16.3. The average molecular weight is 398 g/mol. The second-order valence-electron chi connectivity index (χ2n) is 7.77. The van der Waals surface area contributed by atoms with Crippen molar-refractivity contribution in [3.63, 3.8) is 0 Å². The molecule has 2 atom stereocenters. The average Bonchev–Trinajstić information content (AvgIpc) is 3.02. The Labute approximate surface area is 159 Å². The number of carbonyl (C=O) groups excluding carboxylic acids is 2. The monoisotopic (exact) mass is 397 g/mol. The molecule has 0 aromatic carbocycles. The summed E-state index contributed by atoms with van der Waals surface area (Å²) in [6, 6.07) is -0.429. The topological polar surface area (TPSA) is 95.8 Å². The van der Waals surface area contributed by atoms with E-state index in [1.807, 2.05) is 6.92 Å². The maximum Gasteiger partial charge on any atom is 0.244 e. The fourth-order valence-electron chi connectivity index (χ4n) is 4.27. The molecule has 3 heterocycles. The molecule has 2 amide bonds. The lowest BCUT2D eigenvalue weighted by Crippen LogP contribution is -2.67. The number of amides is 2. The summed E-state index contributed by atoms with van der Waals surface area (Å²) in [5, 5.41) is 4.15. The third-order valence-corrected chi connectivity index (χ3v) is 7.56. The van der Waals surface area contributed by atoms with Gasteiger partial charge in [-0.25, -0.2) is 12.7 Å². The van der Waals surface area contributed by atoms with Gasteiger partial charge in [-0.15, -0.1) is 0 Å². The maximum atomic E-state index is 13.1. The Bertz CT molecular complexity index is 849. The summed E-state index contributed by atoms with van der Waals surface area (Å²) in [5.74, 6) is -0.319. The van der Waals surface area contributed by atoms with E-state index >= 15 is 0 Å². The van der Waals surface area contributed by atoms with Crippen molar-refractivity contribution in [1.29, 1.82) is 0 Å². The molecule has 0 N–H and O–H groups in total. The summed E-state index contributed by atoms with van der Waals surface area (Å²) < 4.78 is 27.6. The van der Waals surface area contributed by atoms with Crippen molar-refractivity contribution < 1.29 is 18.0 Å². The van der Waals surface area contributed by atoms with Crippen LogP contribution in [0.2, 0.25) is 0 Å². The van der Waals surface area contributed by atoms with Gasteiger partial charge in [-0.05, 0) is 25.3 Å². The molecule has 1 aromatic heterocycles. The van der Waals surface area contributed by atoms with E-state index in [0.29, 0.717) is 13.0 Å². The minimum Gasteiger partial charge on any atom is -0.348 e. The van der Waals surface area contributed by atoms with Crippen LogP contribution in [0.25, 0.3) is 0 Å². The molecule has 0 saturated carbocycles. The highest BCUT2D eigenvalue weighted by molar-refractivity contribution is 7.89. The quantitative estimate of drug-likeness (QED) is 0.687. The fourth-order valence-corrected chi connectivity index (χ4v) is 5.88. The van der Waals surface area contributed by atoms with E-state index in [9.17, 15) is 18.0 Å². The molecule has 2 aliphatic heterocycles. The second-order valence-corrected chi connectivity index (χ2v) is 9.92. The molecule has 150 valence electrons. The first-order valence-electron chi connectivity index (χ1n) is 9.01. The lowest BCUT2D eigenvalue weighted by atomic mass is 9.72. The van der Waals surface area contributed by atoms with Crippen molar-refractivity contribution in [1.82, 2.24) is 23.9 Å². The van der Waals surface area contributed by atoms with Crippen LogP contribution in [0.4, 0.5) is 0 Å². The lowest BCUT2D eigenvalue weighted by Gasteiger charge is -2.53. The number of nitrogens with zero attached hydrogens (tertiary/aromatic N) is 5. The van der Waals surface area contributed by atoms with Crippen molar-refractivity contribution in [2.24, 2.45) is 5.41 Å². The zero-order chi connectivity index (χ0) is 20.0. The molecule has 9 nitrogen and oxygen atoms in total.